The summed E-state index contributed by atoms with van der Waals surface area (Å²) in [6, 6.07) is 1.74. The molecule has 0 aliphatic heterocycles. The first-order valence-corrected chi connectivity index (χ1v) is 7.60. The summed E-state index contributed by atoms with van der Waals surface area (Å²) in [5.41, 5.74) is 3.15. The standard InChI is InChI=1S/C16H19N5O3/c1-10-6-13(14-11(2)20-24-16(14)19-10)15(22)18-8-12-7-17-9-21(12)4-5-23-3/h6-7,9H,4-5,8H2,1-3H3,(H,18,22). The van der Waals surface area contributed by atoms with Crippen LogP contribution >= 0.6 is 0 Å². The molecule has 0 spiro atoms. The van der Waals surface area contributed by atoms with Crippen molar-refractivity contribution in [3.63, 3.8) is 0 Å². The van der Waals surface area contributed by atoms with Crippen molar-refractivity contribution in [3.05, 3.63) is 41.2 Å². The highest BCUT2D eigenvalue weighted by Crippen LogP contribution is 2.21. The van der Waals surface area contributed by atoms with Crippen molar-refractivity contribution in [3.8, 4) is 0 Å². The van der Waals surface area contributed by atoms with Gasteiger partial charge in [0.05, 0.1) is 41.8 Å². The van der Waals surface area contributed by atoms with E-state index >= 15 is 0 Å². The number of ether oxygens (including phenoxy) is 1. The van der Waals surface area contributed by atoms with Gasteiger partial charge in [0.1, 0.15) is 0 Å². The van der Waals surface area contributed by atoms with Gasteiger partial charge in [0.25, 0.3) is 11.6 Å². The van der Waals surface area contributed by atoms with Crippen molar-refractivity contribution in [2.24, 2.45) is 0 Å². The minimum Gasteiger partial charge on any atom is -0.383 e. The first-order valence-electron chi connectivity index (χ1n) is 7.60. The van der Waals surface area contributed by atoms with Crippen molar-refractivity contribution in [2.45, 2.75) is 26.9 Å². The molecule has 1 amide bonds. The Balaban J connectivity index is 1.79. The fraction of sp³-hybridized carbons (Fsp3) is 0.375. The minimum atomic E-state index is -0.198. The number of methoxy groups -OCH3 is 1. The summed E-state index contributed by atoms with van der Waals surface area (Å²) in [7, 11) is 1.65. The summed E-state index contributed by atoms with van der Waals surface area (Å²) < 4.78 is 12.2. The third-order valence-corrected chi connectivity index (χ3v) is 3.75. The van der Waals surface area contributed by atoms with Crippen LogP contribution < -0.4 is 5.32 Å². The highest BCUT2D eigenvalue weighted by molar-refractivity contribution is 6.05. The Bertz CT molecular complexity index is 868. The van der Waals surface area contributed by atoms with Crippen LogP contribution in [-0.4, -0.2) is 39.3 Å². The predicted molar refractivity (Wildman–Crippen MR) is 86.6 cm³/mol. The van der Waals surface area contributed by atoms with Crippen molar-refractivity contribution in [1.82, 2.24) is 25.0 Å². The lowest BCUT2D eigenvalue weighted by atomic mass is 10.1. The molecule has 0 saturated heterocycles. The van der Waals surface area contributed by atoms with Crippen molar-refractivity contribution < 1.29 is 14.1 Å². The molecule has 0 aliphatic carbocycles. The Morgan fingerprint density at radius 3 is 3.04 bits per heavy atom. The molecule has 0 aromatic carbocycles. The lowest BCUT2D eigenvalue weighted by Crippen LogP contribution is -2.25. The number of amides is 1. The van der Waals surface area contributed by atoms with Gasteiger partial charge in [-0.2, -0.15) is 0 Å². The maximum Gasteiger partial charge on any atom is 0.258 e. The first-order chi connectivity index (χ1) is 11.6. The quantitative estimate of drug-likeness (QED) is 0.738. The fourth-order valence-corrected chi connectivity index (χ4v) is 2.55. The van der Waals surface area contributed by atoms with Gasteiger partial charge in [-0.1, -0.05) is 5.16 Å². The van der Waals surface area contributed by atoms with Crippen LogP contribution in [0.15, 0.2) is 23.1 Å². The van der Waals surface area contributed by atoms with Crippen LogP contribution in [0.5, 0.6) is 0 Å². The molecule has 24 heavy (non-hydrogen) atoms. The number of nitrogens with zero attached hydrogens (tertiary/aromatic N) is 4. The van der Waals surface area contributed by atoms with Crippen molar-refractivity contribution >= 4 is 17.0 Å². The van der Waals surface area contributed by atoms with E-state index in [9.17, 15) is 4.79 Å². The molecule has 0 bridgehead atoms. The van der Waals surface area contributed by atoms with Crippen molar-refractivity contribution in [1.29, 1.82) is 0 Å². The number of fused-ring (bicyclic) bond motifs is 1. The van der Waals surface area contributed by atoms with E-state index in [-0.39, 0.29) is 5.91 Å². The highest BCUT2D eigenvalue weighted by atomic mass is 16.5. The topological polar surface area (TPSA) is 95.1 Å². The predicted octanol–water partition coefficient (Wildman–Crippen LogP) is 1.61. The number of aryl methyl sites for hydroxylation is 2. The molecular weight excluding hydrogens is 310 g/mol. The number of carbonyl (C=O) groups excluding carboxylic acids is 1. The SMILES string of the molecule is COCCn1cncc1CNC(=O)c1cc(C)nc2onc(C)c12. The van der Waals surface area contributed by atoms with Gasteiger partial charge < -0.3 is 19.1 Å². The number of pyridine rings is 1. The number of nitrogens with one attached hydrogen (secondary N) is 1. The molecule has 126 valence electrons. The van der Waals surface area contributed by atoms with Gasteiger partial charge in [-0.25, -0.2) is 9.97 Å². The summed E-state index contributed by atoms with van der Waals surface area (Å²) >= 11 is 0. The van der Waals surface area contributed by atoms with E-state index in [1.54, 1.807) is 32.6 Å². The summed E-state index contributed by atoms with van der Waals surface area (Å²) in [5.74, 6) is -0.198. The van der Waals surface area contributed by atoms with E-state index < -0.39 is 0 Å². The number of imidazole rings is 1. The Kier molecular flexibility index (Phi) is 4.57. The zero-order valence-corrected chi connectivity index (χ0v) is 13.9. The third-order valence-electron chi connectivity index (χ3n) is 3.75. The minimum absolute atomic E-state index is 0.198. The number of aromatic nitrogens is 4. The van der Waals surface area contributed by atoms with Crippen LogP contribution in [-0.2, 0) is 17.8 Å². The third kappa shape index (κ3) is 3.13. The van der Waals surface area contributed by atoms with Crippen molar-refractivity contribution in [2.75, 3.05) is 13.7 Å². The molecule has 3 aromatic heterocycles. The lowest BCUT2D eigenvalue weighted by molar-refractivity contribution is 0.0951. The van der Waals surface area contributed by atoms with Crippen LogP contribution in [0.25, 0.3) is 11.1 Å². The smallest absolute Gasteiger partial charge is 0.258 e. The average Bonchev–Trinajstić information content (AvgIpc) is 3.16. The second kappa shape index (κ2) is 6.79. The molecule has 3 rings (SSSR count). The maximum absolute atomic E-state index is 12.6. The number of hydrogen-bond donors (Lipinski definition) is 1. The summed E-state index contributed by atoms with van der Waals surface area (Å²) in [6.45, 7) is 5.25. The molecule has 3 heterocycles. The molecular formula is C16H19N5O3. The van der Waals surface area contributed by atoms with Gasteiger partial charge in [0.2, 0.25) is 0 Å². The average molecular weight is 329 g/mol. The molecule has 0 unspecified atom stereocenters. The summed E-state index contributed by atoms with van der Waals surface area (Å²) in [6.07, 6.45) is 3.45. The molecule has 0 atom stereocenters. The van der Waals surface area contributed by atoms with Gasteiger partial charge in [-0.3, -0.25) is 4.79 Å². The van der Waals surface area contributed by atoms with E-state index in [1.807, 2.05) is 11.5 Å². The Morgan fingerprint density at radius 2 is 2.25 bits per heavy atom. The normalized spacial score (nSPS) is 11.1. The molecule has 0 saturated carbocycles. The number of carbonyl (C=O) groups is 1. The fourth-order valence-electron chi connectivity index (χ4n) is 2.55. The Hall–Kier alpha value is -2.74. The number of rotatable bonds is 6. The van der Waals surface area contributed by atoms with Gasteiger partial charge in [0.15, 0.2) is 0 Å². The molecule has 0 fully saturated rings. The zero-order chi connectivity index (χ0) is 17.1. The van der Waals surface area contributed by atoms with Crippen LogP contribution in [0.1, 0.15) is 27.4 Å². The number of hydrogen-bond acceptors (Lipinski definition) is 6. The molecule has 0 aliphatic rings. The van der Waals surface area contributed by atoms with Crippen LogP contribution in [0, 0.1) is 13.8 Å². The van der Waals surface area contributed by atoms with Gasteiger partial charge in [0, 0.05) is 25.5 Å². The van der Waals surface area contributed by atoms with Crippen LogP contribution in [0.3, 0.4) is 0 Å². The molecule has 8 nitrogen and oxygen atoms in total. The van der Waals surface area contributed by atoms with E-state index in [1.165, 1.54) is 0 Å². The molecule has 0 radical (unpaired) electrons. The second-order valence-electron chi connectivity index (χ2n) is 5.51. The molecule has 3 aromatic rings. The monoisotopic (exact) mass is 329 g/mol. The summed E-state index contributed by atoms with van der Waals surface area (Å²) in [5, 5.41) is 7.45. The first kappa shape index (κ1) is 16.1. The highest BCUT2D eigenvalue weighted by Gasteiger charge is 2.18. The summed E-state index contributed by atoms with van der Waals surface area (Å²) in [4.78, 5) is 21.0. The maximum atomic E-state index is 12.6. The molecule has 8 heteroatoms. The van der Waals surface area contributed by atoms with Gasteiger partial charge >= 0.3 is 0 Å². The van der Waals surface area contributed by atoms with E-state index in [0.717, 1.165) is 5.69 Å². The van der Waals surface area contributed by atoms with Gasteiger partial charge in [-0.05, 0) is 19.9 Å². The lowest BCUT2D eigenvalue weighted by Gasteiger charge is -2.09. The Morgan fingerprint density at radius 1 is 1.42 bits per heavy atom. The van der Waals surface area contributed by atoms with Crippen LogP contribution in [0.4, 0.5) is 0 Å². The van der Waals surface area contributed by atoms with Crippen LogP contribution in [0.2, 0.25) is 0 Å². The molecule has 1 N–H and O–H groups in total. The second-order valence-corrected chi connectivity index (χ2v) is 5.51. The van der Waals surface area contributed by atoms with E-state index in [4.69, 9.17) is 9.26 Å². The van der Waals surface area contributed by atoms with E-state index in [0.29, 0.717) is 47.7 Å². The largest absolute Gasteiger partial charge is 0.383 e. The van der Waals surface area contributed by atoms with Gasteiger partial charge in [-0.15, -0.1) is 0 Å². The Labute approximate surface area is 138 Å². The zero-order valence-electron chi connectivity index (χ0n) is 13.9. The van der Waals surface area contributed by atoms with E-state index in [2.05, 4.69) is 20.4 Å².